The molecule has 25 heavy (non-hydrogen) atoms. The number of carbonyl (C=O) groups is 2. The number of halogens is 1. The van der Waals surface area contributed by atoms with Crippen molar-refractivity contribution in [1.82, 2.24) is 0 Å². The second kappa shape index (κ2) is 7.00. The lowest BCUT2D eigenvalue weighted by molar-refractivity contribution is -0.118. The molecule has 1 atom stereocenters. The Balaban J connectivity index is 1.72. The fourth-order valence-corrected chi connectivity index (χ4v) is 3.80. The van der Waals surface area contributed by atoms with Crippen molar-refractivity contribution in [2.24, 2.45) is 0 Å². The molecule has 0 spiro atoms. The van der Waals surface area contributed by atoms with Gasteiger partial charge in [-0.25, -0.2) is 0 Å². The van der Waals surface area contributed by atoms with Crippen LogP contribution in [0.1, 0.15) is 46.3 Å². The minimum Gasteiger partial charge on any atom is -0.483 e. The molecule has 1 amide bonds. The van der Waals surface area contributed by atoms with E-state index in [9.17, 15) is 9.59 Å². The van der Waals surface area contributed by atoms with Crippen LogP contribution in [0, 0.1) is 13.8 Å². The standard InChI is InChI=1S/C20H20BrNO3/c1-11-4-7-17(20-16(23)9-13(3)19(11)20)25-10-18(24)22-15-6-5-14(21)8-12(15)2/h4-8,13H,9-10H2,1-3H3,(H,22,24)/t13-/m1/s1. The van der Waals surface area contributed by atoms with Gasteiger partial charge in [-0.1, -0.05) is 28.9 Å². The number of anilines is 1. The van der Waals surface area contributed by atoms with Crippen molar-refractivity contribution in [2.75, 3.05) is 11.9 Å². The summed E-state index contributed by atoms with van der Waals surface area (Å²) in [5.41, 5.74) is 4.49. The first-order valence-electron chi connectivity index (χ1n) is 8.22. The molecule has 0 aromatic heterocycles. The number of nitrogens with one attached hydrogen (secondary N) is 1. The molecule has 0 bridgehead atoms. The Bertz CT molecular complexity index is 860. The molecule has 2 aromatic carbocycles. The molecular weight excluding hydrogens is 382 g/mol. The number of aryl methyl sites for hydroxylation is 2. The van der Waals surface area contributed by atoms with E-state index in [0.717, 1.165) is 26.9 Å². The molecule has 1 aliphatic rings. The van der Waals surface area contributed by atoms with Gasteiger partial charge >= 0.3 is 0 Å². The largest absolute Gasteiger partial charge is 0.483 e. The van der Waals surface area contributed by atoms with E-state index in [-0.39, 0.29) is 24.2 Å². The van der Waals surface area contributed by atoms with E-state index in [1.54, 1.807) is 6.07 Å². The Hall–Kier alpha value is -2.14. The Kier molecular flexibility index (Phi) is 4.95. The van der Waals surface area contributed by atoms with Crippen LogP contribution in [0.4, 0.5) is 5.69 Å². The molecule has 0 fully saturated rings. The van der Waals surface area contributed by atoms with Crippen LogP contribution in [0.5, 0.6) is 5.75 Å². The van der Waals surface area contributed by atoms with Gasteiger partial charge < -0.3 is 10.1 Å². The third-order valence-electron chi connectivity index (χ3n) is 4.51. The lowest BCUT2D eigenvalue weighted by Gasteiger charge is -2.14. The lowest BCUT2D eigenvalue weighted by Crippen LogP contribution is -2.21. The zero-order valence-electron chi connectivity index (χ0n) is 14.5. The quantitative estimate of drug-likeness (QED) is 0.802. The van der Waals surface area contributed by atoms with Crippen molar-refractivity contribution in [3.63, 3.8) is 0 Å². The zero-order valence-corrected chi connectivity index (χ0v) is 16.1. The summed E-state index contributed by atoms with van der Waals surface area (Å²) in [5, 5.41) is 2.84. The normalized spacial score (nSPS) is 15.8. The molecule has 0 saturated heterocycles. The molecule has 130 valence electrons. The average Bonchev–Trinajstić information content (AvgIpc) is 2.85. The summed E-state index contributed by atoms with van der Waals surface area (Å²) in [5.74, 6) is 0.534. The van der Waals surface area contributed by atoms with Gasteiger partial charge in [0, 0.05) is 16.6 Å². The fraction of sp³-hybridized carbons (Fsp3) is 0.300. The van der Waals surface area contributed by atoms with Gasteiger partial charge in [0.05, 0.1) is 5.56 Å². The molecule has 0 radical (unpaired) electrons. The minimum absolute atomic E-state index is 0.0883. The number of hydrogen-bond acceptors (Lipinski definition) is 3. The summed E-state index contributed by atoms with van der Waals surface area (Å²) in [7, 11) is 0. The molecule has 4 nitrogen and oxygen atoms in total. The van der Waals surface area contributed by atoms with Gasteiger partial charge in [0.25, 0.3) is 5.91 Å². The zero-order chi connectivity index (χ0) is 18.1. The fourth-order valence-electron chi connectivity index (χ4n) is 3.33. The molecule has 2 aromatic rings. The summed E-state index contributed by atoms with van der Waals surface area (Å²) in [6, 6.07) is 9.37. The number of hydrogen-bond donors (Lipinski definition) is 1. The van der Waals surface area contributed by atoms with Gasteiger partial charge in [0.15, 0.2) is 12.4 Å². The van der Waals surface area contributed by atoms with E-state index >= 15 is 0 Å². The smallest absolute Gasteiger partial charge is 0.262 e. The third kappa shape index (κ3) is 3.61. The number of rotatable bonds is 4. The van der Waals surface area contributed by atoms with E-state index in [0.29, 0.717) is 17.7 Å². The van der Waals surface area contributed by atoms with E-state index in [2.05, 4.69) is 21.2 Å². The van der Waals surface area contributed by atoms with Crippen LogP contribution in [0.3, 0.4) is 0 Å². The van der Waals surface area contributed by atoms with Crippen LogP contribution in [0.25, 0.3) is 0 Å². The highest BCUT2D eigenvalue weighted by Crippen LogP contribution is 2.40. The molecule has 1 N–H and O–H groups in total. The van der Waals surface area contributed by atoms with Crippen LogP contribution in [-0.4, -0.2) is 18.3 Å². The van der Waals surface area contributed by atoms with Crippen molar-refractivity contribution in [1.29, 1.82) is 0 Å². The lowest BCUT2D eigenvalue weighted by atomic mass is 9.97. The molecule has 0 heterocycles. The number of ketones is 1. The minimum atomic E-state index is -0.252. The average molecular weight is 402 g/mol. The van der Waals surface area contributed by atoms with Crippen LogP contribution >= 0.6 is 15.9 Å². The van der Waals surface area contributed by atoms with Gasteiger partial charge in [0.1, 0.15) is 5.75 Å². The maximum absolute atomic E-state index is 12.3. The number of amides is 1. The predicted octanol–water partition coefficient (Wildman–Crippen LogP) is 4.77. The summed E-state index contributed by atoms with van der Waals surface area (Å²) in [6.07, 6.45) is 0.501. The number of fused-ring (bicyclic) bond motifs is 1. The third-order valence-corrected chi connectivity index (χ3v) is 5.00. The molecule has 0 saturated carbocycles. The summed E-state index contributed by atoms with van der Waals surface area (Å²) in [6.45, 7) is 5.84. The van der Waals surface area contributed by atoms with E-state index < -0.39 is 0 Å². The van der Waals surface area contributed by atoms with Crippen LogP contribution in [-0.2, 0) is 4.79 Å². The Morgan fingerprint density at radius 2 is 2.00 bits per heavy atom. The topological polar surface area (TPSA) is 55.4 Å². The SMILES string of the molecule is Cc1cc(Br)ccc1NC(=O)COc1ccc(C)c2c1C(=O)C[C@H]2C. The summed E-state index contributed by atoms with van der Waals surface area (Å²) in [4.78, 5) is 24.5. The highest BCUT2D eigenvalue weighted by molar-refractivity contribution is 9.10. The number of ether oxygens (including phenoxy) is 1. The monoisotopic (exact) mass is 401 g/mol. The first-order chi connectivity index (χ1) is 11.9. The van der Waals surface area contributed by atoms with Crippen LogP contribution < -0.4 is 10.1 Å². The van der Waals surface area contributed by atoms with Gasteiger partial charge in [-0.2, -0.15) is 0 Å². The Morgan fingerprint density at radius 3 is 2.72 bits per heavy atom. The van der Waals surface area contributed by atoms with Crippen molar-refractivity contribution >= 4 is 33.3 Å². The molecule has 0 unspecified atom stereocenters. The maximum atomic E-state index is 12.3. The predicted molar refractivity (Wildman–Crippen MR) is 102 cm³/mol. The number of Topliss-reactive ketones (excluding diaryl/α,β-unsaturated/α-hetero) is 1. The van der Waals surface area contributed by atoms with Gasteiger partial charge in [-0.05, 0) is 60.7 Å². The van der Waals surface area contributed by atoms with Crippen molar-refractivity contribution in [3.05, 3.63) is 57.1 Å². The molecule has 1 aliphatic carbocycles. The highest BCUT2D eigenvalue weighted by Gasteiger charge is 2.31. The van der Waals surface area contributed by atoms with Gasteiger partial charge in [-0.3, -0.25) is 9.59 Å². The molecular formula is C20H20BrNO3. The van der Waals surface area contributed by atoms with E-state index in [4.69, 9.17) is 4.74 Å². The second-order valence-electron chi connectivity index (χ2n) is 6.49. The van der Waals surface area contributed by atoms with Gasteiger partial charge in [-0.15, -0.1) is 0 Å². The summed E-state index contributed by atoms with van der Waals surface area (Å²) >= 11 is 3.40. The first-order valence-corrected chi connectivity index (χ1v) is 9.01. The first kappa shape index (κ1) is 17.7. The molecule has 5 heteroatoms. The van der Waals surface area contributed by atoms with E-state index in [1.807, 2.05) is 45.0 Å². The van der Waals surface area contributed by atoms with Crippen LogP contribution in [0.2, 0.25) is 0 Å². The van der Waals surface area contributed by atoms with Crippen molar-refractivity contribution in [2.45, 2.75) is 33.1 Å². The summed E-state index contributed by atoms with van der Waals surface area (Å²) < 4.78 is 6.64. The Morgan fingerprint density at radius 1 is 1.24 bits per heavy atom. The van der Waals surface area contributed by atoms with Crippen molar-refractivity contribution in [3.8, 4) is 5.75 Å². The number of benzene rings is 2. The van der Waals surface area contributed by atoms with Gasteiger partial charge in [0.2, 0.25) is 0 Å². The highest BCUT2D eigenvalue weighted by atomic mass is 79.9. The van der Waals surface area contributed by atoms with Crippen LogP contribution in [0.15, 0.2) is 34.8 Å². The number of carbonyl (C=O) groups excluding carboxylic acids is 2. The van der Waals surface area contributed by atoms with E-state index in [1.165, 1.54) is 0 Å². The second-order valence-corrected chi connectivity index (χ2v) is 7.41. The Labute approximate surface area is 155 Å². The van der Waals surface area contributed by atoms with Crippen molar-refractivity contribution < 1.29 is 14.3 Å². The maximum Gasteiger partial charge on any atom is 0.262 e. The molecule has 0 aliphatic heterocycles. The molecule has 3 rings (SSSR count).